The van der Waals surface area contributed by atoms with Crippen molar-refractivity contribution in [1.82, 2.24) is 5.06 Å². The molecule has 0 N–H and O–H groups in total. The molecule has 0 radical (unpaired) electrons. The smallest absolute Gasteiger partial charge is 0.458 e. The van der Waals surface area contributed by atoms with Crippen molar-refractivity contribution in [2.75, 3.05) is 72.7 Å². The van der Waals surface area contributed by atoms with Gasteiger partial charge in [-0.3, -0.25) is 14.4 Å². The van der Waals surface area contributed by atoms with Crippen LogP contribution >= 0.6 is 0 Å². The molecule has 0 aromatic heterocycles. The molecule has 0 atom stereocenters. The molecule has 1 rings (SSSR count). The maximum Gasteiger partial charge on any atom is 0.534 e. The van der Waals surface area contributed by atoms with E-state index in [9.17, 15) is 19.2 Å². The lowest BCUT2D eigenvalue weighted by atomic mass is 10.2. The summed E-state index contributed by atoms with van der Waals surface area (Å²) in [5, 5.41) is 0.411. The zero-order valence-corrected chi connectivity index (χ0v) is 20.0. The minimum Gasteiger partial charge on any atom is -0.458 e. The second-order valence-corrected chi connectivity index (χ2v) is 7.86. The van der Waals surface area contributed by atoms with Crippen molar-refractivity contribution >= 4 is 23.9 Å². The number of ether oxygens (including phenoxy) is 7. The molecule has 0 spiro atoms. The molecule has 196 valence electrons. The van der Waals surface area contributed by atoms with E-state index >= 15 is 0 Å². The summed E-state index contributed by atoms with van der Waals surface area (Å²) in [6.45, 7) is 8.08. The third kappa shape index (κ3) is 15.5. The lowest BCUT2D eigenvalue weighted by Crippen LogP contribution is -2.32. The summed E-state index contributed by atoms with van der Waals surface area (Å²) in [6.07, 6.45) is -1.11. The van der Waals surface area contributed by atoms with E-state index in [0.717, 1.165) is 0 Å². The van der Waals surface area contributed by atoms with Crippen molar-refractivity contribution in [2.24, 2.45) is 0 Å². The zero-order valence-electron chi connectivity index (χ0n) is 20.0. The van der Waals surface area contributed by atoms with E-state index in [2.05, 4.69) is 4.84 Å². The first-order chi connectivity index (χ1) is 16.2. The monoisotopic (exact) mass is 493 g/mol. The van der Waals surface area contributed by atoms with Gasteiger partial charge >= 0.3 is 12.1 Å². The van der Waals surface area contributed by atoms with Gasteiger partial charge < -0.3 is 33.2 Å². The fraction of sp³-hybridized carbons (Fsp3) is 0.810. The molecule has 1 aliphatic rings. The first-order valence-electron chi connectivity index (χ1n) is 11.0. The van der Waals surface area contributed by atoms with Crippen LogP contribution in [-0.2, 0) is 52.4 Å². The summed E-state index contributed by atoms with van der Waals surface area (Å²) in [5.74, 6) is -1.56. The topological polar surface area (TPSA) is 145 Å². The van der Waals surface area contributed by atoms with Gasteiger partial charge in [-0.15, -0.1) is 0 Å². The van der Waals surface area contributed by atoms with Crippen molar-refractivity contribution < 1.29 is 57.2 Å². The number of hydrogen-bond donors (Lipinski definition) is 0. The van der Waals surface area contributed by atoms with Crippen LogP contribution in [0.5, 0.6) is 0 Å². The Balaban J connectivity index is 1.78. The van der Waals surface area contributed by atoms with Crippen molar-refractivity contribution in [2.45, 2.75) is 39.2 Å². The quantitative estimate of drug-likeness (QED) is 0.150. The lowest BCUT2D eigenvalue weighted by molar-refractivity contribution is -0.177. The van der Waals surface area contributed by atoms with Crippen molar-refractivity contribution in [1.29, 1.82) is 0 Å². The van der Waals surface area contributed by atoms with Crippen molar-refractivity contribution in [3.8, 4) is 0 Å². The number of rotatable bonds is 18. The fourth-order valence-corrected chi connectivity index (χ4v) is 2.35. The number of carbonyl (C=O) groups is 4. The number of carbonyl (C=O) groups excluding carboxylic acids is 4. The second kappa shape index (κ2) is 17.2. The molecule has 1 aliphatic heterocycles. The zero-order chi connectivity index (χ0) is 25.2. The van der Waals surface area contributed by atoms with Crippen LogP contribution in [0, 0.1) is 0 Å². The summed E-state index contributed by atoms with van der Waals surface area (Å²) < 4.78 is 36.2. The maximum atomic E-state index is 11.4. The number of hydrogen-bond acceptors (Lipinski definition) is 12. The minimum atomic E-state index is -1.14. The van der Waals surface area contributed by atoms with Gasteiger partial charge in [0.1, 0.15) is 18.8 Å². The van der Waals surface area contributed by atoms with Gasteiger partial charge in [0.2, 0.25) is 0 Å². The van der Waals surface area contributed by atoms with Gasteiger partial charge in [0, 0.05) is 12.8 Å². The molecule has 13 nitrogen and oxygen atoms in total. The van der Waals surface area contributed by atoms with E-state index in [1.165, 1.54) is 0 Å². The Morgan fingerprint density at radius 1 is 0.706 bits per heavy atom. The summed E-state index contributed by atoms with van der Waals surface area (Å²) in [7, 11) is 0. The molecular weight excluding hydrogens is 458 g/mol. The van der Waals surface area contributed by atoms with E-state index in [0.29, 0.717) is 44.7 Å². The molecule has 0 aromatic carbocycles. The van der Waals surface area contributed by atoms with E-state index in [-0.39, 0.29) is 45.9 Å². The second-order valence-electron chi connectivity index (χ2n) is 7.86. The SMILES string of the molecule is CC(C)(C)OC(=O)COCCOCCOCCOCCOCCOC(=O)ON1C(=O)CCC1=O. The fourth-order valence-electron chi connectivity index (χ4n) is 2.35. The Hall–Kier alpha value is -2.32. The third-order valence-corrected chi connectivity index (χ3v) is 3.75. The third-order valence-electron chi connectivity index (χ3n) is 3.75. The first-order valence-corrected chi connectivity index (χ1v) is 11.0. The van der Waals surface area contributed by atoms with E-state index in [1.807, 2.05) is 0 Å². The van der Waals surface area contributed by atoms with Crippen LogP contribution in [0.1, 0.15) is 33.6 Å². The Morgan fingerprint density at radius 2 is 1.12 bits per heavy atom. The van der Waals surface area contributed by atoms with Crippen LogP contribution in [0.3, 0.4) is 0 Å². The number of amides is 2. The average Bonchev–Trinajstić information content (AvgIpc) is 3.06. The van der Waals surface area contributed by atoms with E-state index in [1.54, 1.807) is 20.8 Å². The molecule has 0 saturated carbocycles. The Morgan fingerprint density at radius 3 is 1.56 bits per heavy atom. The van der Waals surface area contributed by atoms with Crippen LogP contribution in [0.15, 0.2) is 0 Å². The van der Waals surface area contributed by atoms with Crippen LogP contribution in [0.2, 0.25) is 0 Å². The lowest BCUT2D eigenvalue weighted by Gasteiger charge is -2.19. The normalized spacial score (nSPS) is 13.9. The van der Waals surface area contributed by atoms with Crippen LogP contribution < -0.4 is 0 Å². The Bertz CT molecular complexity index is 618. The number of esters is 1. The van der Waals surface area contributed by atoms with Gasteiger partial charge in [-0.2, -0.15) is 0 Å². The molecule has 0 unspecified atom stereocenters. The van der Waals surface area contributed by atoms with Gasteiger partial charge in [0.25, 0.3) is 11.8 Å². The molecule has 0 aliphatic carbocycles. The first kappa shape index (κ1) is 29.7. The number of nitrogens with zero attached hydrogens (tertiary/aromatic N) is 1. The Kier molecular flexibility index (Phi) is 15.0. The predicted molar refractivity (Wildman–Crippen MR) is 113 cm³/mol. The van der Waals surface area contributed by atoms with Crippen LogP contribution in [0.25, 0.3) is 0 Å². The molecule has 0 bridgehead atoms. The predicted octanol–water partition coefficient (Wildman–Crippen LogP) is 0.628. The van der Waals surface area contributed by atoms with E-state index < -0.39 is 29.5 Å². The highest BCUT2D eigenvalue weighted by Crippen LogP contribution is 2.12. The summed E-state index contributed by atoms with van der Waals surface area (Å²) in [6, 6.07) is 0. The molecule has 2 amide bonds. The standard InChI is InChI=1S/C21H35NO12/c1-21(2,3)33-19(25)16-31-13-12-29-9-8-27-6-7-28-10-11-30-14-15-32-20(26)34-22-17(23)4-5-18(22)24/h4-16H2,1-3H3. The van der Waals surface area contributed by atoms with Crippen molar-refractivity contribution in [3.63, 3.8) is 0 Å². The Labute approximate surface area is 198 Å². The highest BCUT2D eigenvalue weighted by Gasteiger charge is 2.33. The van der Waals surface area contributed by atoms with Gasteiger partial charge in [-0.05, 0) is 20.8 Å². The molecule has 34 heavy (non-hydrogen) atoms. The summed E-state index contributed by atoms with van der Waals surface area (Å²) >= 11 is 0. The number of imide groups is 1. The molecule has 1 heterocycles. The molecule has 1 saturated heterocycles. The maximum absolute atomic E-state index is 11.4. The summed E-state index contributed by atoms with van der Waals surface area (Å²) in [4.78, 5) is 49.9. The largest absolute Gasteiger partial charge is 0.534 e. The molecule has 1 fully saturated rings. The van der Waals surface area contributed by atoms with Crippen LogP contribution in [-0.4, -0.2) is 107 Å². The van der Waals surface area contributed by atoms with Crippen molar-refractivity contribution in [3.05, 3.63) is 0 Å². The van der Waals surface area contributed by atoms with Gasteiger partial charge in [-0.1, -0.05) is 5.06 Å². The minimum absolute atomic E-state index is 0.0161. The van der Waals surface area contributed by atoms with Gasteiger partial charge in [-0.25, -0.2) is 9.59 Å². The highest BCUT2D eigenvalue weighted by atomic mass is 16.8. The molecule has 0 aromatic rings. The molecular formula is C21H35NO12. The van der Waals surface area contributed by atoms with E-state index in [4.69, 9.17) is 33.2 Å². The average molecular weight is 494 g/mol. The highest BCUT2D eigenvalue weighted by molar-refractivity contribution is 6.01. The summed E-state index contributed by atoms with van der Waals surface area (Å²) in [5.41, 5.74) is -0.529. The van der Waals surface area contributed by atoms with Gasteiger partial charge in [0.05, 0.1) is 59.5 Å². The van der Waals surface area contributed by atoms with Gasteiger partial charge in [0.15, 0.2) is 0 Å². The molecule has 13 heteroatoms. The number of hydroxylamine groups is 2. The van der Waals surface area contributed by atoms with Crippen LogP contribution in [0.4, 0.5) is 4.79 Å².